The molecule has 0 saturated heterocycles. The lowest BCUT2D eigenvalue weighted by Crippen LogP contribution is -2.42. The fourth-order valence-electron chi connectivity index (χ4n) is 1.76. The third kappa shape index (κ3) is 4.86. The molecule has 2 unspecified atom stereocenters. The average molecular weight is 237 g/mol. The molecule has 1 aromatic carbocycles. The molecule has 96 valence electrons. The van der Waals surface area contributed by atoms with Crippen molar-refractivity contribution in [2.75, 3.05) is 13.2 Å². The minimum Gasteiger partial charge on any atom is -0.393 e. The molecule has 3 heteroatoms. The Kier molecular flexibility index (Phi) is 5.62. The SMILES string of the molecule is CCCC(NCC(C)(O)CO)c1ccccc1. The van der Waals surface area contributed by atoms with E-state index in [0.29, 0.717) is 6.54 Å². The van der Waals surface area contributed by atoms with E-state index >= 15 is 0 Å². The summed E-state index contributed by atoms with van der Waals surface area (Å²) in [5.41, 5.74) is 0.170. The molecule has 0 bridgehead atoms. The van der Waals surface area contributed by atoms with Crippen molar-refractivity contribution in [1.82, 2.24) is 5.32 Å². The summed E-state index contributed by atoms with van der Waals surface area (Å²) < 4.78 is 0. The van der Waals surface area contributed by atoms with Crippen molar-refractivity contribution in [2.24, 2.45) is 0 Å². The van der Waals surface area contributed by atoms with Crippen LogP contribution in [0.15, 0.2) is 30.3 Å². The van der Waals surface area contributed by atoms with Crippen molar-refractivity contribution in [1.29, 1.82) is 0 Å². The van der Waals surface area contributed by atoms with Crippen molar-refractivity contribution in [3.05, 3.63) is 35.9 Å². The molecule has 0 heterocycles. The summed E-state index contributed by atoms with van der Waals surface area (Å²) in [6.07, 6.45) is 2.10. The predicted molar refractivity (Wildman–Crippen MR) is 69.8 cm³/mol. The predicted octanol–water partition coefficient (Wildman–Crippen LogP) is 1.86. The van der Waals surface area contributed by atoms with Gasteiger partial charge in [-0.2, -0.15) is 0 Å². The Bertz CT molecular complexity index is 311. The highest BCUT2D eigenvalue weighted by Crippen LogP contribution is 2.18. The molecule has 0 aliphatic rings. The van der Waals surface area contributed by atoms with Crippen molar-refractivity contribution in [3.63, 3.8) is 0 Å². The van der Waals surface area contributed by atoms with Crippen molar-refractivity contribution in [2.45, 2.75) is 38.3 Å². The van der Waals surface area contributed by atoms with Crippen LogP contribution in [-0.4, -0.2) is 29.0 Å². The molecule has 0 aromatic heterocycles. The highest BCUT2D eigenvalue weighted by molar-refractivity contribution is 5.18. The zero-order valence-corrected chi connectivity index (χ0v) is 10.7. The van der Waals surface area contributed by atoms with Gasteiger partial charge >= 0.3 is 0 Å². The van der Waals surface area contributed by atoms with Crippen LogP contribution in [0.2, 0.25) is 0 Å². The minimum absolute atomic E-state index is 0.229. The Labute approximate surface area is 103 Å². The average Bonchev–Trinajstić information content (AvgIpc) is 2.35. The smallest absolute Gasteiger partial charge is 0.0973 e. The molecule has 2 atom stereocenters. The first-order valence-electron chi connectivity index (χ1n) is 6.20. The molecule has 1 aromatic rings. The van der Waals surface area contributed by atoms with E-state index in [4.69, 9.17) is 5.11 Å². The summed E-state index contributed by atoms with van der Waals surface area (Å²) >= 11 is 0. The lowest BCUT2D eigenvalue weighted by atomic mass is 10.0. The Hall–Kier alpha value is -0.900. The second-order valence-corrected chi connectivity index (χ2v) is 4.79. The van der Waals surface area contributed by atoms with Gasteiger partial charge in [-0.05, 0) is 18.9 Å². The van der Waals surface area contributed by atoms with Gasteiger partial charge in [0.25, 0.3) is 0 Å². The van der Waals surface area contributed by atoms with Crippen LogP contribution in [0.4, 0.5) is 0 Å². The van der Waals surface area contributed by atoms with E-state index in [9.17, 15) is 5.11 Å². The van der Waals surface area contributed by atoms with Crippen LogP contribution in [0.25, 0.3) is 0 Å². The fourth-order valence-corrected chi connectivity index (χ4v) is 1.76. The van der Waals surface area contributed by atoms with E-state index in [-0.39, 0.29) is 12.6 Å². The van der Waals surface area contributed by atoms with Gasteiger partial charge in [0.15, 0.2) is 0 Å². The Morgan fingerprint density at radius 1 is 1.29 bits per heavy atom. The zero-order chi connectivity index (χ0) is 12.7. The second kappa shape index (κ2) is 6.74. The maximum absolute atomic E-state index is 9.77. The topological polar surface area (TPSA) is 52.5 Å². The van der Waals surface area contributed by atoms with Crippen LogP contribution >= 0.6 is 0 Å². The molecular formula is C14H23NO2. The second-order valence-electron chi connectivity index (χ2n) is 4.79. The van der Waals surface area contributed by atoms with E-state index in [0.717, 1.165) is 12.8 Å². The number of aliphatic hydroxyl groups excluding tert-OH is 1. The zero-order valence-electron chi connectivity index (χ0n) is 10.7. The van der Waals surface area contributed by atoms with Crippen LogP contribution < -0.4 is 5.32 Å². The van der Waals surface area contributed by atoms with Crippen LogP contribution in [0.3, 0.4) is 0 Å². The molecule has 0 spiro atoms. The van der Waals surface area contributed by atoms with Gasteiger partial charge in [0, 0.05) is 12.6 Å². The summed E-state index contributed by atoms with van der Waals surface area (Å²) in [5, 5.41) is 22.1. The number of benzene rings is 1. The fraction of sp³-hybridized carbons (Fsp3) is 0.571. The number of aliphatic hydroxyl groups is 2. The first kappa shape index (κ1) is 14.2. The van der Waals surface area contributed by atoms with Gasteiger partial charge in [-0.1, -0.05) is 43.7 Å². The molecule has 1 rings (SSSR count). The Morgan fingerprint density at radius 3 is 2.47 bits per heavy atom. The van der Waals surface area contributed by atoms with E-state index < -0.39 is 5.60 Å². The highest BCUT2D eigenvalue weighted by Gasteiger charge is 2.20. The summed E-state index contributed by atoms with van der Waals surface area (Å²) in [6.45, 7) is 3.94. The normalized spacial score (nSPS) is 16.5. The molecule has 0 saturated carbocycles. The van der Waals surface area contributed by atoms with Crippen LogP contribution in [0.5, 0.6) is 0 Å². The summed E-state index contributed by atoms with van der Waals surface area (Å²) in [6, 6.07) is 10.4. The molecule has 17 heavy (non-hydrogen) atoms. The molecule has 0 radical (unpaired) electrons. The lowest BCUT2D eigenvalue weighted by Gasteiger charge is -2.25. The third-order valence-corrected chi connectivity index (χ3v) is 2.85. The van der Waals surface area contributed by atoms with Gasteiger partial charge < -0.3 is 15.5 Å². The largest absolute Gasteiger partial charge is 0.393 e. The molecular weight excluding hydrogens is 214 g/mol. The number of hydrogen-bond acceptors (Lipinski definition) is 3. The highest BCUT2D eigenvalue weighted by atomic mass is 16.3. The van der Waals surface area contributed by atoms with Crippen LogP contribution in [0, 0.1) is 0 Å². The summed E-state index contributed by atoms with van der Waals surface area (Å²) in [7, 11) is 0. The lowest BCUT2D eigenvalue weighted by molar-refractivity contribution is 0.000471. The quantitative estimate of drug-likeness (QED) is 0.678. The van der Waals surface area contributed by atoms with Crippen molar-refractivity contribution >= 4 is 0 Å². The molecule has 0 fully saturated rings. The first-order chi connectivity index (χ1) is 8.09. The van der Waals surface area contributed by atoms with Gasteiger partial charge in [0.1, 0.15) is 0 Å². The van der Waals surface area contributed by atoms with E-state index in [1.807, 2.05) is 18.2 Å². The number of nitrogens with one attached hydrogen (secondary N) is 1. The maximum atomic E-state index is 9.77. The van der Waals surface area contributed by atoms with Gasteiger partial charge in [0.05, 0.1) is 12.2 Å². The summed E-state index contributed by atoms with van der Waals surface area (Å²) in [4.78, 5) is 0. The molecule has 3 N–H and O–H groups in total. The monoisotopic (exact) mass is 237 g/mol. The van der Waals surface area contributed by atoms with Gasteiger partial charge in [0.2, 0.25) is 0 Å². The molecule has 0 aliphatic carbocycles. The van der Waals surface area contributed by atoms with Crippen LogP contribution in [0.1, 0.15) is 38.3 Å². The third-order valence-electron chi connectivity index (χ3n) is 2.85. The van der Waals surface area contributed by atoms with Gasteiger partial charge in [-0.3, -0.25) is 0 Å². The van der Waals surface area contributed by atoms with Crippen molar-refractivity contribution < 1.29 is 10.2 Å². The molecule has 0 amide bonds. The minimum atomic E-state index is -1.05. The maximum Gasteiger partial charge on any atom is 0.0973 e. The van der Waals surface area contributed by atoms with Gasteiger partial charge in [-0.25, -0.2) is 0 Å². The van der Waals surface area contributed by atoms with Gasteiger partial charge in [-0.15, -0.1) is 0 Å². The number of hydrogen-bond donors (Lipinski definition) is 3. The Balaban J connectivity index is 2.61. The number of rotatable bonds is 7. The van der Waals surface area contributed by atoms with E-state index in [2.05, 4.69) is 24.4 Å². The standard InChI is InChI=1S/C14H23NO2/c1-3-7-13(12-8-5-4-6-9-12)15-10-14(2,17)11-16/h4-6,8-9,13,15-17H,3,7,10-11H2,1-2H3. The van der Waals surface area contributed by atoms with E-state index in [1.165, 1.54) is 5.56 Å². The molecule has 3 nitrogen and oxygen atoms in total. The summed E-state index contributed by atoms with van der Waals surface area (Å²) in [5.74, 6) is 0. The van der Waals surface area contributed by atoms with E-state index in [1.54, 1.807) is 6.92 Å². The Morgan fingerprint density at radius 2 is 1.94 bits per heavy atom. The first-order valence-corrected chi connectivity index (χ1v) is 6.20. The molecule has 0 aliphatic heterocycles. The van der Waals surface area contributed by atoms with Crippen molar-refractivity contribution in [3.8, 4) is 0 Å². The van der Waals surface area contributed by atoms with Crippen LogP contribution in [-0.2, 0) is 0 Å².